The van der Waals surface area contributed by atoms with E-state index in [1.165, 1.54) is 22.7 Å². The van der Waals surface area contributed by atoms with Gasteiger partial charge in [-0.25, -0.2) is 47.8 Å². The molecule has 0 aliphatic heterocycles. The van der Waals surface area contributed by atoms with Crippen LogP contribution in [-0.4, -0.2) is 32.1 Å². The van der Waals surface area contributed by atoms with Crippen LogP contribution in [0, 0.1) is 70.9 Å². The first-order valence-corrected chi connectivity index (χ1v) is 19.4. The Balaban J connectivity index is 1.05. The summed E-state index contributed by atoms with van der Waals surface area (Å²) in [5.74, 6) is -6.45. The maximum Gasteiger partial charge on any atom is 0.271 e. The molecule has 4 aliphatic carbocycles. The molecule has 10 rings (SSSR count). The van der Waals surface area contributed by atoms with E-state index in [0.29, 0.717) is 10.0 Å². The van der Waals surface area contributed by atoms with E-state index in [4.69, 9.17) is 13.1 Å². The van der Waals surface area contributed by atoms with Gasteiger partial charge in [0, 0.05) is 69.3 Å². The van der Waals surface area contributed by atoms with Gasteiger partial charge in [0.25, 0.3) is 11.4 Å². The molecule has 0 spiro atoms. The van der Waals surface area contributed by atoms with Crippen molar-refractivity contribution >= 4 is 112 Å². The molecule has 6 aromatic rings. The van der Waals surface area contributed by atoms with E-state index in [-0.39, 0.29) is 56.7 Å². The second-order valence-electron chi connectivity index (χ2n) is 14.2. The van der Waals surface area contributed by atoms with Gasteiger partial charge < -0.3 is 9.13 Å². The number of hydrogen-bond acceptors (Lipinski definition) is 8. The van der Waals surface area contributed by atoms with Crippen molar-refractivity contribution < 1.29 is 27.2 Å². The van der Waals surface area contributed by atoms with Crippen LogP contribution in [0.2, 0.25) is 0 Å². The summed E-state index contributed by atoms with van der Waals surface area (Å²) in [4.78, 5) is 42.6. The summed E-state index contributed by atoms with van der Waals surface area (Å²) in [6.45, 7) is 15.0. The largest absolute Gasteiger partial charge is 0.343 e. The summed E-state index contributed by atoms with van der Waals surface area (Å²) in [5, 5.41) is 24.0. The number of nitriles is 2. The Kier molecular flexibility index (Phi) is 7.85. The number of carbonyl (C=O) groups is 2. The first-order valence-electron chi connectivity index (χ1n) is 17.8. The topological polar surface area (TPSA) is 125 Å². The van der Waals surface area contributed by atoms with Gasteiger partial charge >= 0.3 is 0 Å². The number of rotatable bonds is 2. The zero-order chi connectivity index (χ0) is 42.0. The summed E-state index contributed by atoms with van der Waals surface area (Å²) in [7, 11) is 3.80. The van der Waals surface area contributed by atoms with Crippen LogP contribution in [0.25, 0.3) is 65.6 Å². The molecule has 0 saturated heterocycles. The Morgan fingerprint density at radius 3 is 1.35 bits per heavy atom. The fraction of sp³-hybridized carbons (Fsp3) is 0.0909. The number of ketones is 2. The van der Waals surface area contributed by atoms with E-state index in [1.807, 2.05) is 23.2 Å². The van der Waals surface area contributed by atoms with Crippen molar-refractivity contribution in [1.82, 2.24) is 9.13 Å². The monoisotopic (exact) mass is 830 g/mol. The quantitative estimate of drug-likeness (QED) is 0.110. The molecule has 4 heterocycles. The summed E-state index contributed by atoms with van der Waals surface area (Å²) in [6, 6.07) is 10.2. The number of aliphatic imine (C=N–C) groups is 2. The molecule has 0 amide bonds. The number of halogens is 4. The molecule has 4 aliphatic rings. The standard InChI is InChI=1S/C44H18F4N8O2S2/c1-51-29(15-49)37-19-9-25(45)27(47)11-21(19)41(57)39(37)53-35-13-33-43(59-35)23-5-17-8-32-24(6-18(17)7-31(23)55(33)3)44-34(56(32)4)14-36(60-44)54-40-38(30(16-50)52-2)20-10-26(46)28(48)12-22(20)42(40)58/h5-14,17-18H,3-4H3/b37-29+,38-30?,53-39?,54-40?. The second kappa shape index (κ2) is 12.9. The lowest BCUT2D eigenvalue weighted by Crippen LogP contribution is -2.39. The molecule has 0 radical (unpaired) electrons. The van der Waals surface area contributed by atoms with Crippen LogP contribution in [0.4, 0.5) is 27.6 Å². The second-order valence-corrected chi connectivity index (χ2v) is 16.3. The number of nitrogens with zero attached hydrogens (tertiary/aromatic N) is 8. The number of benzene rings is 2. The number of aromatic nitrogens is 2. The maximum absolute atomic E-state index is 14.3. The molecule has 16 heteroatoms. The molecule has 0 saturated carbocycles. The summed E-state index contributed by atoms with van der Waals surface area (Å²) >= 11 is 2.61. The first-order chi connectivity index (χ1) is 28.8. The minimum Gasteiger partial charge on any atom is -0.343 e. The average molecular weight is 831 g/mol. The average Bonchev–Trinajstić information content (AvgIpc) is 4.05. The Hall–Kier alpha value is -7.76. The Labute approximate surface area is 342 Å². The fourth-order valence-corrected chi connectivity index (χ4v) is 10.6. The number of fused-ring (bicyclic) bond motifs is 9. The Bertz CT molecular complexity index is 3460. The van der Waals surface area contributed by atoms with Crippen molar-refractivity contribution in [3.05, 3.63) is 137 Å². The third-order valence-corrected chi connectivity index (χ3v) is 13.3. The summed E-state index contributed by atoms with van der Waals surface area (Å²) in [6.07, 6.45) is 8.67. The van der Waals surface area contributed by atoms with Crippen LogP contribution in [0.5, 0.6) is 0 Å². The SMILES string of the molecule is [C-]#[N+]C(C#N)=C1C(=Nc2cc3c(s2)c2c(n3C)=CC3C=c4c(n(C)c5cc(N=C6C(=O)c7cc(F)c(F)cc7/C6=C(/C#N)[N+]#[C-])sc45)=CC3C=2)C(=O)c2cc(F)c(F)cc21. The molecule has 286 valence electrons. The molecule has 60 heavy (non-hydrogen) atoms. The number of thiophene rings is 2. The lowest BCUT2D eigenvalue weighted by Gasteiger charge is -2.21. The van der Waals surface area contributed by atoms with E-state index < -0.39 is 46.2 Å². The van der Waals surface area contributed by atoms with Crippen LogP contribution < -0.4 is 21.1 Å². The van der Waals surface area contributed by atoms with Crippen LogP contribution in [0.1, 0.15) is 31.8 Å². The minimum atomic E-state index is -1.23. The van der Waals surface area contributed by atoms with Crippen molar-refractivity contribution in [2.75, 3.05) is 0 Å². The van der Waals surface area contributed by atoms with Crippen molar-refractivity contribution in [3.63, 3.8) is 0 Å². The number of carbonyl (C=O) groups excluding carboxylic acids is 2. The summed E-state index contributed by atoms with van der Waals surface area (Å²) < 4.78 is 62.8. The van der Waals surface area contributed by atoms with E-state index >= 15 is 0 Å². The van der Waals surface area contributed by atoms with E-state index in [0.717, 1.165) is 65.8 Å². The minimum absolute atomic E-state index is 0.0573. The molecule has 0 bridgehead atoms. The normalized spacial score (nSPS) is 20.2. The summed E-state index contributed by atoms with van der Waals surface area (Å²) in [5.41, 5.74) is -0.532. The highest BCUT2D eigenvalue weighted by Gasteiger charge is 2.37. The molecule has 4 aromatic heterocycles. The predicted octanol–water partition coefficient (Wildman–Crippen LogP) is 6.68. The van der Waals surface area contributed by atoms with Gasteiger partial charge in [0.05, 0.1) is 45.7 Å². The predicted molar refractivity (Wildman–Crippen MR) is 219 cm³/mol. The van der Waals surface area contributed by atoms with Crippen molar-refractivity contribution in [2.24, 2.45) is 35.9 Å². The first kappa shape index (κ1) is 36.6. The van der Waals surface area contributed by atoms with Crippen LogP contribution in [-0.2, 0) is 14.1 Å². The van der Waals surface area contributed by atoms with Crippen molar-refractivity contribution in [1.29, 1.82) is 10.5 Å². The maximum atomic E-state index is 14.3. The smallest absolute Gasteiger partial charge is 0.271 e. The number of Topliss-reactive ketones (excluding diaryl/α,β-unsaturated/α-hetero) is 2. The zero-order valence-electron chi connectivity index (χ0n) is 30.7. The molecule has 10 nitrogen and oxygen atoms in total. The van der Waals surface area contributed by atoms with Gasteiger partial charge in [-0.15, -0.1) is 22.7 Å². The molecule has 0 N–H and O–H groups in total. The Morgan fingerprint density at radius 1 is 0.633 bits per heavy atom. The van der Waals surface area contributed by atoms with Gasteiger partial charge in [-0.05, 0) is 47.5 Å². The van der Waals surface area contributed by atoms with Crippen LogP contribution in [0.3, 0.4) is 0 Å². The van der Waals surface area contributed by atoms with Crippen molar-refractivity contribution in [2.45, 2.75) is 0 Å². The van der Waals surface area contributed by atoms with Gasteiger partial charge in [0.15, 0.2) is 23.3 Å². The van der Waals surface area contributed by atoms with E-state index in [1.54, 1.807) is 24.3 Å². The molecular weight excluding hydrogens is 813 g/mol. The molecule has 2 unspecified atom stereocenters. The fourth-order valence-electron chi connectivity index (χ4n) is 8.41. The number of hydrogen-bond donors (Lipinski definition) is 0. The van der Waals surface area contributed by atoms with Gasteiger partial charge in [0.1, 0.15) is 21.4 Å². The van der Waals surface area contributed by atoms with Gasteiger partial charge in [-0.2, -0.15) is 0 Å². The lowest BCUT2D eigenvalue weighted by molar-refractivity contribution is 0.106. The van der Waals surface area contributed by atoms with Gasteiger partial charge in [0.2, 0.25) is 11.6 Å². The molecule has 2 aromatic carbocycles. The van der Waals surface area contributed by atoms with E-state index in [9.17, 15) is 37.7 Å². The third kappa shape index (κ3) is 4.99. The highest BCUT2D eigenvalue weighted by molar-refractivity contribution is 7.23. The number of allylic oxidation sites excluding steroid dienone is 4. The third-order valence-electron chi connectivity index (χ3n) is 11.2. The highest BCUT2D eigenvalue weighted by Crippen LogP contribution is 2.40. The van der Waals surface area contributed by atoms with Crippen LogP contribution in [0.15, 0.2) is 57.8 Å². The zero-order valence-corrected chi connectivity index (χ0v) is 32.3. The number of aryl methyl sites for hydroxylation is 2. The lowest BCUT2D eigenvalue weighted by atomic mass is 9.84. The van der Waals surface area contributed by atoms with E-state index in [2.05, 4.69) is 44.0 Å². The highest BCUT2D eigenvalue weighted by atomic mass is 32.1. The molecular formula is C44H18F4N8O2S2. The van der Waals surface area contributed by atoms with Crippen LogP contribution >= 0.6 is 22.7 Å². The Morgan fingerprint density at radius 2 is 1.00 bits per heavy atom. The van der Waals surface area contributed by atoms with Crippen molar-refractivity contribution in [3.8, 4) is 12.1 Å². The molecule has 0 fully saturated rings. The molecule has 2 atom stereocenters. The van der Waals surface area contributed by atoms with Gasteiger partial charge in [-0.1, -0.05) is 24.3 Å². The van der Waals surface area contributed by atoms with Gasteiger partial charge in [-0.3, -0.25) is 9.59 Å².